The number of hydrogen-bond acceptors (Lipinski definition) is 6. The van der Waals surface area contributed by atoms with Gasteiger partial charge in [0, 0.05) is 27.9 Å². The highest BCUT2D eigenvalue weighted by Crippen LogP contribution is 2.41. The van der Waals surface area contributed by atoms with Crippen LogP contribution >= 0.6 is 0 Å². The van der Waals surface area contributed by atoms with Gasteiger partial charge in [0.05, 0.1) is 5.39 Å². The van der Waals surface area contributed by atoms with Crippen molar-refractivity contribution >= 4 is 71.4 Å². The summed E-state index contributed by atoms with van der Waals surface area (Å²) in [6.07, 6.45) is 1.27. The minimum absolute atomic E-state index is 0.261. The van der Waals surface area contributed by atoms with Gasteiger partial charge in [0.25, 0.3) is 0 Å². The summed E-state index contributed by atoms with van der Waals surface area (Å²) < 4.78 is 12.5. The normalized spacial score (nSPS) is 16.3. The molecule has 1 aliphatic rings. The second kappa shape index (κ2) is 11.4. The Labute approximate surface area is 298 Å². The highest BCUT2D eigenvalue weighted by Gasteiger charge is 2.29. The molecule has 0 spiro atoms. The van der Waals surface area contributed by atoms with Gasteiger partial charge in [-0.3, -0.25) is 5.32 Å². The summed E-state index contributed by atoms with van der Waals surface area (Å²) in [5, 5.41) is 16.6. The third kappa shape index (κ3) is 4.48. The van der Waals surface area contributed by atoms with E-state index in [1.807, 2.05) is 48.7 Å². The smallest absolute Gasteiger partial charge is 0.227 e. The van der Waals surface area contributed by atoms with Crippen LogP contribution in [0.1, 0.15) is 29.0 Å². The second-order valence-electron chi connectivity index (χ2n) is 13.4. The van der Waals surface area contributed by atoms with Crippen LogP contribution in [-0.4, -0.2) is 10.8 Å². The lowest BCUT2D eigenvalue weighted by Gasteiger charge is -2.33. The minimum Gasteiger partial charge on any atom is -0.456 e. The third-order valence-corrected chi connectivity index (χ3v) is 10.4. The average Bonchev–Trinajstić information content (AvgIpc) is 3.79. The summed E-state index contributed by atoms with van der Waals surface area (Å²) in [5.74, 6) is 0.813. The van der Waals surface area contributed by atoms with Gasteiger partial charge in [0.1, 0.15) is 34.9 Å². The van der Waals surface area contributed by atoms with Crippen LogP contribution in [0.2, 0.25) is 0 Å². The van der Waals surface area contributed by atoms with Gasteiger partial charge in [-0.1, -0.05) is 121 Å². The van der Waals surface area contributed by atoms with Crippen LogP contribution in [0.5, 0.6) is 0 Å². The van der Waals surface area contributed by atoms with Gasteiger partial charge in [-0.2, -0.15) is 0 Å². The molecule has 0 aliphatic carbocycles. The molecular weight excluding hydrogens is 641 g/mol. The Hall–Kier alpha value is -6.76. The topological polar surface area (TPSA) is 75.6 Å². The first-order chi connectivity index (χ1) is 25.8. The third-order valence-electron chi connectivity index (χ3n) is 10.4. The number of nitrogens with one attached hydrogen (secondary N) is 2. The molecule has 246 valence electrons. The Morgan fingerprint density at radius 1 is 0.500 bits per heavy atom. The molecular formula is C46H30N4O2. The van der Waals surface area contributed by atoms with Crippen LogP contribution in [-0.2, 0) is 0 Å². The zero-order chi connectivity index (χ0) is 34.2. The van der Waals surface area contributed by atoms with E-state index in [0.29, 0.717) is 5.71 Å². The summed E-state index contributed by atoms with van der Waals surface area (Å²) in [5.41, 5.74) is 8.63. The number of nitrogens with zero attached hydrogens (tertiary/aromatic N) is 2. The molecule has 4 heterocycles. The van der Waals surface area contributed by atoms with Crippen molar-refractivity contribution in [2.75, 3.05) is 0 Å². The molecule has 0 amide bonds. The zero-order valence-corrected chi connectivity index (χ0v) is 27.9. The van der Waals surface area contributed by atoms with Gasteiger partial charge in [0.15, 0.2) is 0 Å². The van der Waals surface area contributed by atoms with Crippen molar-refractivity contribution < 1.29 is 8.83 Å². The van der Waals surface area contributed by atoms with E-state index in [2.05, 4.69) is 125 Å². The van der Waals surface area contributed by atoms with Gasteiger partial charge >= 0.3 is 0 Å². The van der Waals surface area contributed by atoms with Gasteiger partial charge in [-0.15, -0.1) is 0 Å². The SMILES string of the molecule is c1ccc2cc(C3N=C(c4cccc5oc6ccccc6c45)NC(c4ccc(-c5ccnc6oc7ccccc7c56)c5ccccc45)N3)ccc2c1. The number of pyridine rings is 1. The molecule has 2 N–H and O–H groups in total. The van der Waals surface area contributed by atoms with Crippen molar-refractivity contribution in [3.8, 4) is 11.1 Å². The molecule has 6 nitrogen and oxygen atoms in total. The molecule has 7 aromatic carbocycles. The Kier molecular flexibility index (Phi) is 6.35. The van der Waals surface area contributed by atoms with Gasteiger partial charge in [-0.25, -0.2) is 9.98 Å². The molecule has 11 rings (SSSR count). The lowest BCUT2D eigenvalue weighted by atomic mass is 9.92. The van der Waals surface area contributed by atoms with Crippen LogP contribution in [0, 0.1) is 0 Å². The van der Waals surface area contributed by atoms with Gasteiger partial charge in [0.2, 0.25) is 5.71 Å². The quantitative estimate of drug-likeness (QED) is 0.195. The summed E-state index contributed by atoms with van der Waals surface area (Å²) in [7, 11) is 0. The molecule has 10 aromatic rings. The van der Waals surface area contributed by atoms with E-state index in [9.17, 15) is 0 Å². The highest BCUT2D eigenvalue weighted by atomic mass is 16.3. The number of benzene rings is 7. The number of furan rings is 2. The number of para-hydroxylation sites is 2. The summed E-state index contributed by atoms with van der Waals surface area (Å²) in [6, 6.07) is 52.9. The first-order valence-electron chi connectivity index (χ1n) is 17.5. The number of hydrogen-bond donors (Lipinski definition) is 2. The minimum atomic E-state index is -0.310. The fourth-order valence-corrected chi connectivity index (χ4v) is 8.06. The van der Waals surface area contributed by atoms with Crippen LogP contribution in [0.3, 0.4) is 0 Å². The molecule has 0 fully saturated rings. The standard InChI is InChI=1S/C46H30N4O2/c1-2-11-28-26-29(21-20-27(28)10-1)43-48-44(50-45(49-43)37-16-9-19-40-41(37)35-14-5-7-17-38(35)51-40)34-23-22-32(30-12-3-4-13-31(30)34)33-24-25-47-46-42(33)36-15-6-8-18-39(36)52-46/h1-26,43-44,48H,(H,49,50). The van der Waals surface area contributed by atoms with Crippen LogP contribution in [0.4, 0.5) is 0 Å². The summed E-state index contributed by atoms with van der Waals surface area (Å²) >= 11 is 0. The molecule has 0 saturated heterocycles. The first kappa shape index (κ1) is 29.0. The Balaban J connectivity index is 1.10. The van der Waals surface area contributed by atoms with E-state index in [1.54, 1.807) is 0 Å². The maximum absolute atomic E-state index is 6.31. The molecule has 2 unspecified atom stereocenters. The monoisotopic (exact) mass is 670 g/mol. The van der Waals surface area contributed by atoms with Crippen molar-refractivity contribution in [3.05, 3.63) is 175 Å². The van der Waals surface area contributed by atoms with Crippen molar-refractivity contribution in [3.63, 3.8) is 0 Å². The van der Waals surface area contributed by atoms with E-state index in [-0.39, 0.29) is 12.3 Å². The van der Waals surface area contributed by atoms with E-state index >= 15 is 0 Å². The predicted molar refractivity (Wildman–Crippen MR) is 210 cm³/mol. The zero-order valence-electron chi connectivity index (χ0n) is 27.9. The number of fused-ring (bicyclic) bond motifs is 8. The summed E-state index contributed by atoms with van der Waals surface area (Å²) in [4.78, 5) is 9.98. The van der Waals surface area contributed by atoms with E-state index in [1.165, 1.54) is 10.8 Å². The maximum atomic E-state index is 6.31. The first-order valence-corrected chi connectivity index (χ1v) is 17.5. The molecule has 0 bridgehead atoms. The predicted octanol–water partition coefficient (Wildman–Crippen LogP) is 11.2. The highest BCUT2D eigenvalue weighted by molar-refractivity contribution is 6.18. The fourth-order valence-electron chi connectivity index (χ4n) is 8.06. The Morgan fingerprint density at radius 2 is 1.21 bits per heavy atom. The maximum Gasteiger partial charge on any atom is 0.227 e. The number of rotatable bonds is 4. The van der Waals surface area contributed by atoms with Gasteiger partial charge in [-0.05, 0) is 74.1 Å². The molecule has 2 atom stereocenters. The number of amidine groups is 1. The lowest BCUT2D eigenvalue weighted by Crippen LogP contribution is -2.45. The van der Waals surface area contributed by atoms with E-state index < -0.39 is 0 Å². The molecule has 52 heavy (non-hydrogen) atoms. The average molecular weight is 671 g/mol. The second-order valence-corrected chi connectivity index (χ2v) is 13.4. The molecule has 0 saturated carbocycles. The van der Waals surface area contributed by atoms with E-state index in [0.717, 1.165) is 82.7 Å². The van der Waals surface area contributed by atoms with E-state index in [4.69, 9.17) is 13.8 Å². The Morgan fingerprint density at radius 3 is 2.08 bits per heavy atom. The molecule has 0 radical (unpaired) electrons. The molecule has 3 aromatic heterocycles. The van der Waals surface area contributed by atoms with Crippen molar-refractivity contribution in [2.45, 2.75) is 12.3 Å². The summed E-state index contributed by atoms with van der Waals surface area (Å²) in [6.45, 7) is 0. The lowest BCUT2D eigenvalue weighted by molar-refractivity contribution is 0.411. The number of aromatic nitrogens is 1. The van der Waals surface area contributed by atoms with Crippen LogP contribution in [0.25, 0.3) is 76.7 Å². The van der Waals surface area contributed by atoms with Crippen LogP contribution in [0.15, 0.2) is 172 Å². The van der Waals surface area contributed by atoms with Gasteiger partial charge < -0.3 is 14.2 Å². The number of aliphatic imine (C=N–C) groups is 1. The van der Waals surface area contributed by atoms with Crippen molar-refractivity contribution in [2.24, 2.45) is 4.99 Å². The van der Waals surface area contributed by atoms with Crippen LogP contribution < -0.4 is 10.6 Å². The van der Waals surface area contributed by atoms with Crippen molar-refractivity contribution in [1.29, 1.82) is 0 Å². The fraction of sp³-hybridized carbons (Fsp3) is 0.0435. The molecule has 6 heteroatoms. The Bertz CT molecular complexity index is 3060. The molecule has 1 aliphatic heterocycles. The largest absolute Gasteiger partial charge is 0.456 e. The van der Waals surface area contributed by atoms with Crippen molar-refractivity contribution in [1.82, 2.24) is 15.6 Å².